The molecule has 1 aromatic rings. The fourth-order valence-corrected chi connectivity index (χ4v) is 2.90. The molecule has 1 aliphatic carbocycles. The topological polar surface area (TPSA) is 55.4 Å². The van der Waals surface area contributed by atoms with Crippen LogP contribution in [0.15, 0.2) is 23.1 Å². The van der Waals surface area contributed by atoms with Crippen LogP contribution in [0, 0.1) is 6.92 Å². The first-order chi connectivity index (χ1) is 8.03. The number of benzene rings is 1. The number of sulfone groups is 1. The molecule has 1 N–H and O–H groups in total. The molecule has 0 saturated heterocycles. The van der Waals surface area contributed by atoms with E-state index >= 15 is 0 Å². The molecule has 0 aromatic heterocycles. The molecule has 0 bridgehead atoms. The van der Waals surface area contributed by atoms with Crippen molar-refractivity contribution in [1.82, 2.24) is 5.32 Å². The van der Waals surface area contributed by atoms with Gasteiger partial charge in [0.1, 0.15) is 11.6 Å². The third-order valence-corrected chi connectivity index (χ3v) is 4.38. The van der Waals surface area contributed by atoms with Crippen LogP contribution in [0.3, 0.4) is 0 Å². The Morgan fingerprint density at radius 1 is 1.41 bits per heavy atom. The summed E-state index contributed by atoms with van der Waals surface area (Å²) in [6.45, 7) is 1.84. The predicted octanol–water partition coefficient (Wildman–Crippen LogP) is 1.49. The molecule has 94 valence electrons. The molecule has 0 atom stereocenters. The summed E-state index contributed by atoms with van der Waals surface area (Å²) in [5, 5.41) is 3.02. The minimum atomic E-state index is -3.23. The van der Waals surface area contributed by atoms with Crippen molar-refractivity contribution in [1.29, 1.82) is 0 Å². The summed E-state index contributed by atoms with van der Waals surface area (Å²) >= 11 is 0. The molecule has 0 aliphatic heterocycles. The fourth-order valence-electron chi connectivity index (χ4n) is 1.64. The molecule has 4 nitrogen and oxygen atoms in total. The van der Waals surface area contributed by atoms with Crippen molar-refractivity contribution in [3.8, 4) is 5.75 Å². The van der Waals surface area contributed by atoms with Crippen LogP contribution in [-0.4, -0.2) is 27.4 Å². The van der Waals surface area contributed by atoms with Crippen molar-refractivity contribution in [2.75, 3.05) is 13.0 Å². The minimum absolute atomic E-state index is 0.0173. The Morgan fingerprint density at radius 3 is 2.65 bits per heavy atom. The molecule has 1 aliphatic rings. The Hall–Kier alpha value is -1.07. The van der Waals surface area contributed by atoms with Crippen molar-refractivity contribution < 1.29 is 13.2 Å². The molecule has 1 aromatic carbocycles. The van der Waals surface area contributed by atoms with Crippen LogP contribution in [0.2, 0.25) is 0 Å². The first-order valence-electron chi connectivity index (χ1n) is 5.64. The van der Waals surface area contributed by atoms with Gasteiger partial charge in [0.2, 0.25) is 0 Å². The van der Waals surface area contributed by atoms with Gasteiger partial charge in [-0.1, -0.05) is 0 Å². The lowest BCUT2D eigenvalue weighted by Crippen LogP contribution is -2.25. The third-order valence-electron chi connectivity index (χ3n) is 2.86. The molecular formula is C12H17NO3S. The lowest BCUT2D eigenvalue weighted by Gasteiger charge is -2.09. The van der Waals surface area contributed by atoms with Crippen LogP contribution in [-0.2, 0) is 9.84 Å². The quantitative estimate of drug-likeness (QED) is 0.866. The summed E-state index contributed by atoms with van der Waals surface area (Å²) in [5.41, 5.74) is 0.833. The molecule has 0 heterocycles. The van der Waals surface area contributed by atoms with Crippen LogP contribution in [0.5, 0.6) is 5.75 Å². The van der Waals surface area contributed by atoms with Gasteiger partial charge in [-0.25, -0.2) is 8.42 Å². The van der Waals surface area contributed by atoms with Gasteiger partial charge in [0.15, 0.2) is 9.84 Å². The molecule has 0 spiro atoms. The number of hydrogen-bond acceptors (Lipinski definition) is 4. The van der Waals surface area contributed by atoms with Crippen molar-refractivity contribution in [3.63, 3.8) is 0 Å². The highest BCUT2D eigenvalue weighted by molar-refractivity contribution is 7.91. The van der Waals surface area contributed by atoms with Crippen molar-refractivity contribution >= 4 is 9.84 Å². The monoisotopic (exact) mass is 255 g/mol. The zero-order chi connectivity index (χ0) is 12.5. The lowest BCUT2D eigenvalue weighted by atomic mass is 10.2. The molecule has 5 heteroatoms. The standard InChI is InChI=1S/C12H17NO3S/c1-9-7-11(5-6-12(9)16-2)17(14,15)8-13-10-3-4-10/h5-7,10,13H,3-4,8H2,1-2H3. The summed E-state index contributed by atoms with van der Waals surface area (Å²) < 4.78 is 29.1. The van der Waals surface area contributed by atoms with E-state index in [1.807, 2.05) is 6.92 Å². The maximum absolute atomic E-state index is 12.0. The highest BCUT2D eigenvalue weighted by Gasteiger charge is 2.24. The van der Waals surface area contributed by atoms with Gasteiger partial charge in [-0.05, 0) is 43.5 Å². The number of nitrogens with one attached hydrogen (secondary N) is 1. The van der Waals surface area contributed by atoms with Crippen LogP contribution in [0.4, 0.5) is 0 Å². The van der Waals surface area contributed by atoms with E-state index in [2.05, 4.69) is 5.32 Å². The molecule has 0 unspecified atom stereocenters. The highest BCUT2D eigenvalue weighted by Crippen LogP contribution is 2.23. The fraction of sp³-hybridized carbons (Fsp3) is 0.500. The summed E-state index contributed by atoms with van der Waals surface area (Å²) in [6, 6.07) is 5.33. The molecule has 1 fully saturated rings. The zero-order valence-electron chi connectivity index (χ0n) is 10.1. The van der Waals surface area contributed by atoms with Crippen molar-refractivity contribution in [2.24, 2.45) is 0 Å². The Bertz CT molecular complexity index is 506. The first kappa shape index (κ1) is 12.4. The van der Waals surface area contributed by atoms with Crippen LogP contribution in [0.1, 0.15) is 18.4 Å². The van der Waals surface area contributed by atoms with Crippen LogP contribution >= 0.6 is 0 Å². The van der Waals surface area contributed by atoms with Gasteiger partial charge < -0.3 is 10.1 Å². The van der Waals surface area contributed by atoms with Gasteiger partial charge in [-0.15, -0.1) is 0 Å². The van der Waals surface area contributed by atoms with E-state index in [4.69, 9.17) is 4.74 Å². The molecular weight excluding hydrogens is 238 g/mol. The number of ether oxygens (including phenoxy) is 1. The second-order valence-corrected chi connectivity index (χ2v) is 6.36. The number of hydrogen-bond donors (Lipinski definition) is 1. The Labute approximate surface area is 102 Å². The molecule has 1 saturated carbocycles. The second-order valence-electron chi connectivity index (χ2n) is 4.37. The average molecular weight is 255 g/mol. The lowest BCUT2D eigenvalue weighted by molar-refractivity contribution is 0.411. The van der Waals surface area contributed by atoms with Crippen LogP contribution < -0.4 is 10.1 Å². The van der Waals surface area contributed by atoms with E-state index in [1.165, 1.54) is 0 Å². The smallest absolute Gasteiger partial charge is 0.191 e. The van der Waals surface area contributed by atoms with Gasteiger partial charge in [0.25, 0.3) is 0 Å². The number of rotatable bonds is 5. The number of aryl methyl sites for hydroxylation is 1. The van der Waals surface area contributed by atoms with Gasteiger partial charge in [0, 0.05) is 6.04 Å². The SMILES string of the molecule is COc1ccc(S(=O)(=O)CNC2CC2)cc1C. The summed E-state index contributed by atoms with van der Waals surface area (Å²) in [5.74, 6) is 0.725. The van der Waals surface area contributed by atoms with Gasteiger partial charge in [0.05, 0.1) is 12.0 Å². The second kappa shape index (κ2) is 4.66. The van der Waals surface area contributed by atoms with E-state index < -0.39 is 9.84 Å². The Kier molecular flexibility index (Phi) is 3.40. The van der Waals surface area contributed by atoms with Gasteiger partial charge in [-0.3, -0.25) is 0 Å². The molecule has 17 heavy (non-hydrogen) atoms. The van der Waals surface area contributed by atoms with Crippen molar-refractivity contribution in [3.05, 3.63) is 23.8 Å². The molecule has 0 amide bonds. The predicted molar refractivity (Wildman–Crippen MR) is 65.9 cm³/mol. The molecule has 0 radical (unpaired) electrons. The zero-order valence-corrected chi connectivity index (χ0v) is 10.9. The Balaban J connectivity index is 2.16. The molecule has 2 rings (SSSR count). The summed E-state index contributed by atoms with van der Waals surface area (Å²) in [7, 11) is -1.65. The van der Waals surface area contributed by atoms with Crippen LogP contribution in [0.25, 0.3) is 0 Å². The number of methoxy groups -OCH3 is 1. The van der Waals surface area contributed by atoms with E-state index in [-0.39, 0.29) is 5.88 Å². The van der Waals surface area contributed by atoms with Gasteiger partial charge >= 0.3 is 0 Å². The van der Waals surface area contributed by atoms with E-state index in [0.29, 0.717) is 16.7 Å². The Morgan fingerprint density at radius 2 is 2.12 bits per heavy atom. The summed E-state index contributed by atoms with van der Waals surface area (Å²) in [4.78, 5) is 0.351. The van der Waals surface area contributed by atoms with E-state index in [1.54, 1.807) is 25.3 Å². The van der Waals surface area contributed by atoms with Crippen molar-refractivity contribution in [2.45, 2.75) is 30.7 Å². The minimum Gasteiger partial charge on any atom is -0.496 e. The maximum Gasteiger partial charge on any atom is 0.191 e. The third kappa shape index (κ3) is 2.98. The average Bonchev–Trinajstić information content (AvgIpc) is 3.10. The normalized spacial score (nSPS) is 15.9. The highest BCUT2D eigenvalue weighted by atomic mass is 32.2. The van der Waals surface area contributed by atoms with E-state index in [0.717, 1.165) is 18.4 Å². The van der Waals surface area contributed by atoms with E-state index in [9.17, 15) is 8.42 Å². The maximum atomic E-state index is 12.0. The largest absolute Gasteiger partial charge is 0.496 e. The van der Waals surface area contributed by atoms with Gasteiger partial charge in [-0.2, -0.15) is 0 Å². The first-order valence-corrected chi connectivity index (χ1v) is 7.29. The summed E-state index contributed by atoms with van der Waals surface area (Å²) in [6.07, 6.45) is 2.16.